The van der Waals surface area contributed by atoms with E-state index in [9.17, 15) is 4.79 Å². The maximum atomic E-state index is 9.87. The van der Waals surface area contributed by atoms with E-state index < -0.39 is 0 Å². The van der Waals surface area contributed by atoms with E-state index in [0.29, 0.717) is 17.8 Å². The minimum absolute atomic E-state index is 0.487. The van der Waals surface area contributed by atoms with Crippen LogP contribution in [-0.2, 0) is 4.79 Å². The Morgan fingerprint density at radius 1 is 1.50 bits per heavy atom. The molecule has 1 aromatic heterocycles. The standard InChI is InChI=1S/C8H7N3O/c1-9-8-6-10-7(5-11-8)3-2-4-12/h4-6H,1H3,(H,9,11). The van der Waals surface area contributed by atoms with Gasteiger partial charge in [0.2, 0.25) is 0 Å². The van der Waals surface area contributed by atoms with Crippen LogP contribution in [0.25, 0.3) is 0 Å². The molecule has 0 amide bonds. The molecule has 12 heavy (non-hydrogen) atoms. The van der Waals surface area contributed by atoms with Crippen LogP contribution >= 0.6 is 0 Å². The molecular weight excluding hydrogens is 154 g/mol. The van der Waals surface area contributed by atoms with Crippen LogP contribution in [0.1, 0.15) is 5.69 Å². The molecule has 0 aliphatic carbocycles. The van der Waals surface area contributed by atoms with Crippen LogP contribution < -0.4 is 5.32 Å². The van der Waals surface area contributed by atoms with Crippen LogP contribution in [-0.4, -0.2) is 23.3 Å². The van der Waals surface area contributed by atoms with E-state index in [2.05, 4.69) is 27.1 Å². The number of aromatic nitrogens is 2. The number of nitrogens with zero attached hydrogens (tertiary/aromatic N) is 2. The third kappa shape index (κ3) is 2.06. The average Bonchev–Trinajstić information content (AvgIpc) is 2.15. The second kappa shape index (κ2) is 4.09. The molecule has 1 aromatic rings. The molecule has 0 spiro atoms. The summed E-state index contributed by atoms with van der Waals surface area (Å²) in [7, 11) is 1.75. The fourth-order valence-corrected chi connectivity index (χ4v) is 0.625. The highest BCUT2D eigenvalue weighted by Gasteiger charge is 1.90. The van der Waals surface area contributed by atoms with Crippen LogP contribution in [0.2, 0.25) is 0 Å². The zero-order chi connectivity index (χ0) is 8.81. The summed E-state index contributed by atoms with van der Waals surface area (Å²) in [5.41, 5.74) is 0.487. The molecule has 0 atom stereocenters. The summed E-state index contributed by atoms with van der Waals surface area (Å²) in [6.45, 7) is 0. The van der Waals surface area contributed by atoms with E-state index in [-0.39, 0.29) is 0 Å². The monoisotopic (exact) mass is 161 g/mol. The minimum Gasteiger partial charge on any atom is -0.372 e. The molecule has 60 valence electrons. The maximum absolute atomic E-state index is 9.87. The quantitative estimate of drug-likeness (QED) is 0.467. The summed E-state index contributed by atoms with van der Waals surface area (Å²) in [5, 5.41) is 2.82. The van der Waals surface area contributed by atoms with E-state index >= 15 is 0 Å². The van der Waals surface area contributed by atoms with Gasteiger partial charge in [0.05, 0.1) is 12.4 Å². The van der Waals surface area contributed by atoms with Gasteiger partial charge in [0, 0.05) is 7.05 Å². The molecule has 1 rings (SSSR count). The third-order valence-electron chi connectivity index (χ3n) is 1.17. The zero-order valence-electron chi connectivity index (χ0n) is 6.53. The number of carbonyl (C=O) groups is 1. The van der Waals surface area contributed by atoms with Gasteiger partial charge >= 0.3 is 0 Å². The van der Waals surface area contributed by atoms with Gasteiger partial charge in [-0.15, -0.1) is 0 Å². The highest BCUT2D eigenvalue weighted by Crippen LogP contribution is 1.97. The number of hydrogen-bond acceptors (Lipinski definition) is 4. The number of rotatable bonds is 1. The van der Waals surface area contributed by atoms with Gasteiger partial charge in [0.15, 0.2) is 6.29 Å². The van der Waals surface area contributed by atoms with Crippen molar-refractivity contribution >= 4 is 12.1 Å². The smallest absolute Gasteiger partial charge is 0.193 e. The summed E-state index contributed by atoms with van der Waals surface area (Å²) < 4.78 is 0. The van der Waals surface area contributed by atoms with Crippen LogP contribution in [0.5, 0.6) is 0 Å². The van der Waals surface area contributed by atoms with Crippen molar-refractivity contribution in [3.8, 4) is 11.8 Å². The Balaban J connectivity index is 2.84. The van der Waals surface area contributed by atoms with Gasteiger partial charge in [-0.3, -0.25) is 4.79 Å². The lowest BCUT2D eigenvalue weighted by Crippen LogP contribution is -1.93. The van der Waals surface area contributed by atoms with E-state index in [1.54, 1.807) is 13.2 Å². The molecular formula is C8H7N3O. The average molecular weight is 161 g/mol. The predicted octanol–water partition coefficient (Wildman–Crippen LogP) is 0.0687. The Morgan fingerprint density at radius 2 is 2.33 bits per heavy atom. The van der Waals surface area contributed by atoms with E-state index in [0.717, 1.165) is 0 Å². The van der Waals surface area contributed by atoms with E-state index in [4.69, 9.17) is 0 Å². The first-order valence-corrected chi connectivity index (χ1v) is 3.32. The van der Waals surface area contributed by atoms with Crippen molar-refractivity contribution in [1.29, 1.82) is 0 Å². The Bertz CT molecular complexity index is 320. The van der Waals surface area contributed by atoms with Gasteiger partial charge in [-0.25, -0.2) is 9.97 Å². The van der Waals surface area contributed by atoms with Crippen LogP contribution in [0.4, 0.5) is 5.82 Å². The number of anilines is 1. The normalized spacial score (nSPS) is 8.08. The number of nitrogens with one attached hydrogen (secondary N) is 1. The fraction of sp³-hybridized carbons (Fsp3) is 0.125. The number of carbonyl (C=O) groups excluding carboxylic acids is 1. The third-order valence-corrected chi connectivity index (χ3v) is 1.17. The summed E-state index contributed by atoms with van der Waals surface area (Å²) in [6, 6.07) is 0. The van der Waals surface area contributed by atoms with Gasteiger partial charge in [-0.05, 0) is 11.8 Å². The summed E-state index contributed by atoms with van der Waals surface area (Å²) in [4.78, 5) is 17.8. The van der Waals surface area contributed by atoms with Crippen LogP contribution in [0, 0.1) is 11.8 Å². The van der Waals surface area contributed by atoms with Gasteiger partial charge in [0.1, 0.15) is 11.5 Å². The van der Waals surface area contributed by atoms with Crippen molar-refractivity contribution in [3.05, 3.63) is 18.1 Å². The van der Waals surface area contributed by atoms with E-state index in [1.807, 2.05) is 0 Å². The first-order valence-electron chi connectivity index (χ1n) is 3.32. The summed E-state index contributed by atoms with van der Waals surface area (Å²) in [6.07, 6.45) is 3.57. The van der Waals surface area contributed by atoms with Crippen molar-refractivity contribution in [2.24, 2.45) is 0 Å². The Hall–Kier alpha value is -1.89. The summed E-state index contributed by atoms with van der Waals surface area (Å²) in [5.74, 6) is 5.45. The lowest BCUT2D eigenvalue weighted by molar-refractivity contribution is -0.103. The van der Waals surface area contributed by atoms with Gasteiger partial charge in [-0.2, -0.15) is 0 Å². The van der Waals surface area contributed by atoms with Crippen molar-refractivity contribution in [1.82, 2.24) is 9.97 Å². The topological polar surface area (TPSA) is 54.9 Å². The molecule has 0 bridgehead atoms. The second-order valence-corrected chi connectivity index (χ2v) is 1.92. The molecule has 1 heterocycles. The Kier molecular flexibility index (Phi) is 2.79. The summed E-state index contributed by atoms with van der Waals surface area (Å²) >= 11 is 0. The van der Waals surface area contributed by atoms with Crippen LogP contribution in [0.15, 0.2) is 12.4 Å². The number of aldehydes is 1. The van der Waals surface area contributed by atoms with Crippen molar-refractivity contribution in [2.75, 3.05) is 12.4 Å². The predicted molar refractivity (Wildman–Crippen MR) is 44.5 cm³/mol. The van der Waals surface area contributed by atoms with Gasteiger partial charge in [0.25, 0.3) is 0 Å². The molecule has 0 aliphatic heterocycles. The molecule has 0 unspecified atom stereocenters. The molecule has 0 aliphatic rings. The van der Waals surface area contributed by atoms with E-state index in [1.165, 1.54) is 6.20 Å². The molecule has 0 aromatic carbocycles. The largest absolute Gasteiger partial charge is 0.372 e. The zero-order valence-corrected chi connectivity index (χ0v) is 6.53. The molecule has 0 radical (unpaired) electrons. The molecule has 4 nitrogen and oxygen atoms in total. The molecule has 1 N–H and O–H groups in total. The molecule has 0 fully saturated rings. The van der Waals surface area contributed by atoms with Gasteiger partial charge < -0.3 is 5.32 Å². The molecule has 0 saturated carbocycles. The van der Waals surface area contributed by atoms with Crippen LogP contribution in [0.3, 0.4) is 0 Å². The molecule has 4 heteroatoms. The molecule has 0 saturated heterocycles. The second-order valence-electron chi connectivity index (χ2n) is 1.92. The van der Waals surface area contributed by atoms with Crippen molar-refractivity contribution in [3.63, 3.8) is 0 Å². The van der Waals surface area contributed by atoms with Crippen molar-refractivity contribution < 1.29 is 4.79 Å². The first kappa shape index (κ1) is 8.21. The minimum atomic E-state index is 0.487. The SMILES string of the molecule is CNc1cnc(C#CC=O)cn1. The lowest BCUT2D eigenvalue weighted by Gasteiger charge is -1.95. The first-order chi connectivity index (χ1) is 5.86. The highest BCUT2D eigenvalue weighted by atomic mass is 16.1. The Morgan fingerprint density at radius 3 is 2.83 bits per heavy atom. The fourth-order valence-electron chi connectivity index (χ4n) is 0.625. The lowest BCUT2D eigenvalue weighted by atomic mass is 10.4. The van der Waals surface area contributed by atoms with Gasteiger partial charge in [-0.1, -0.05) is 0 Å². The number of hydrogen-bond donors (Lipinski definition) is 1. The maximum Gasteiger partial charge on any atom is 0.193 e. The highest BCUT2D eigenvalue weighted by molar-refractivity contribution is 5.73. The van der Waals surface area contributed by atoms with Crippen molar-refractivity contribution in [2.45, 2.75) is 0 Å². The Labute approximate surface area is 70.0 Å².